The normalized spacial score (nSPS) is 10.4. The number of nitrogens with zero attached hydrogens (tertiary/aromatic N) is 1. The second-order valence-electron chi connectivity index (χ2n) is 2.58. The van der Waals surface area contributed by atoms with Gasteiger partial charge in [0.1, 0.15) is 5.82 Å². The number of likely N-dealkylation sites (N-methyl/N-ethyl adjacent to an activating group) is 1. The predicted molar refractivity (Wildman–Crippen MR) is 56.8 cm³/mol. The molecule has 0 atom stereocenters. The Morgan fingerprint density at radius 3 is 3.07 bits per heavy atom. The lowest BCUT2D eigenvalue weighted by Crippen LogP contribution is -2.13. The number of anilines is 1. The molecule has 3 N–H and O–H groups in total. The molecular weight excluding hydrogens is 202 g/mol. The lowest BCUT2D eigenvalue weighted by Gasteiger charge is -1.98. The van der Waals surface area contributed by atoms with Crippen molar-refractivity contribution in [1.82, 2.24) is 10.3 Å². The van der Waals surface area contributed by atoms with E-state index in [2.05, 4.69) is 10.3 Å². The van der Waals surface area contributed by atoms with Gasteiger partial charge in [-0.15, -0.1) is 0 Å². The number of carbonyl (C=O) groups is 1. The standard InChI is InChI=1S/C9H10ClN3O/c1-12-8(14)3-2-6-4-7(10)5-13-9(6)11/h2-5H,1H3,(H2,11,13)(H,12,14)/b3-2+. The minimum absolute atomic E-state index is 0.204. The van der Waals surface area contributed by atoms with E-state index in [1.807, 2.05) is 0 Å². The second kappa shape index (κ2) is 4.62. The third kappa shape index (κ3) is 2.74. The Hall–Kier alpha value is -1.55. The molecule has 0 aromatic carbocycles. The molecule has 1 amide bonds. The van der Waals surface area contributed by atoms with Gasteiger partial charge in [0.05, 0.1) is 5.02 Å². The molecule has 1 aromatic heterocycles. The molecule has 0 spiro atoms. The highest BCUT2D eigenvalue weighted by Gasteiger charge is 1.98. The van der Waals surface area contributed by atoms with E-state index in [1.54, 1.807) is 19.2 Å². The predicted octanol–water partition coefficient (Wildman–Crippen LogP) is 1.08. The van der Waals surface area contributed by atoms with Crippen LogP contribution in [0.5, 0.6) is 0 Å². The van der Waals surface area contributed by atoms with Gasteiger partial charge in [-0.2, -0.15) is 0 Å². The Labute approximate surface area is 86.8 Å². The van der Waals surface area contributed by atoms with Gasteiger partial charge in [-0.25, -0.2) is 4.98 Å². The third-order valence-electron chi connectivity index (χ3n) is 1.58. The van der Waals surface area contributed by atoms with Crippen molar-refractivity contribution >= 4 is 29.4 Å². The van der Waals surface area contributed by atoms with Crippen molar-refractivity contribution in [2.45, 2.75) is 0 Å². The minimum Gasteiger partial charge on any atom is -0.383 e. The number of halogens is 1. The Bertz CT molecular complexity index is 376. The maximum Gasteiger partial charge on any atom is 0.243 e. The highest BCUT2D eigenvalue weighted by Crippen LogP contribution is 2.15. The summed E-state index contributed by atoms with van der Waals surface area (Å²) in [7, 11) is 1.55. The SMILES string of the molecule is CNC(=O)/C=C/c1cc(Cl)cnc1N. The zero-order chi connectivity index (χ0) is 10.6. The smallest absolute Gasteiger partial charge is 0.243 e. The Kier molecular flexibility index (Phi) is 3.48. The van der Waals surface area contributed by atoms with Crippen LogP contribution >= 0.6 is 11.6 Å². The molecule has 5 heteroatoms. The monoisotopic (exact) mass is 211 g/mol. The lowest BCUT2D eigenvalue weighted by atomic mass is 10.2. The van der Waals surface area contributed by atoms with E-state index >= 15 is 0 Å². The van der Waals surface area contributed by atoms with Crippen LogP contribution in [0, 0.1) is 0 Å². The summed E-state index contributed by atoms with van der Waals surface area (Å²) in [6, 6.07) is 1.64. The van der Waals surface area contributed by atoms with Gasteiger partial charge in [-0.1, -0.05) is 11.6 Å². The van der Waals surface area contributed by atoms with Crippen molar-refractivity contribution in [3.63, 3.8) is 0 Å². The highest BCUT2D eigenvalue weighted by atomic mass is 35.5. The largest absolute Gasteiger partial charge is 0.383 e. The van der Waals surface area contributed by atoms with E-state index in [0.29, 0.717) is 16.4 Å². The molecule has 1 rings (SSSR count). The Balaban J connectivity index is 2.90. The van der Waals surface area contributed by atoms with Gasteiger partial charge in [0.15, 0.2) is 0 Å². The first-order valence-corrected chi connectivity index (χ1v) is 4.32. The summed E-state index contributed by atoms with van der Waals surface area (Å²) in [5.41, 5.74) is 6.19. The lowest BCUT2D eigenvalue weighted by molar-refractivity contribution is -0.115. The summed E-state index contributed by atoms with van der Waals surface area (Å²) in [5, 5.41) is 2.93. The Morgan fingerprint density at radius 1 is 1.71 bits per heavy atom. The first kappa shape index (κ1) is 10.5. The topological polar surface area (TPSA) is 68.0 Å². The second-order valence-corrected chi connectivity index (χ2v) is 3.01. The maximum atomic E-state index is 10.9. The molecule has 4 nitrogen and oxygen atoms in total. The summed E-state index contributed by atoms with van der Waals surface area (Å²) < 4.78 is 0. The van der Waals surface area contributed by atoms with Crippen LogP contribution in [0.2, 0.25) is 5.02 Å². The van der Waals surface area contributed by atoms with Gasteiger partial charge in [0, 0.05) is 24.9 Å². The zero-order valence-corrected chi connectivity index (χ0v) is 8.38. The number of hydrogen-bond acceptors (Lipinski definition) is 3. The molecule has 0 saturated heterocycles. The molecule has 0 radical (unpaired) electrons. The highest BCUT2D eigenvalue weighted by molar-refractivity contribution is 6.30. The molecule has 0 aliphatic carbocycles. The summed E-state index contributed by atoms with van der Waals surface area (Å²) in [5.74, 6) is 0.138. The van der Waals surface area contributed by atoms with Crippen LogP contribution in [0.25, 0.3) is 6.08 Å². The number of pyridine rings is 1. The van der Waals surface area contributed by atoms with Crippen molar-refractivity contribution in [2.24, 2.45) is 0 Å². The van der Waals surface area contributed by atoms with Gasteiger partial charge in [-0.3, -0.25) is 4.79 Å². The number of nitrogen functional groups attached to an aromatic ring is 1. The Morgan fingerprint density at radius 2 is 2.43 bits per heavy atom. The minimum atomic E-state index is -0.204. The molecule has 0 unspecified atom stereocenters. The van der Waals surface area contributed by atoms with E-state index in [9.17, 15) is 4.79 Å². The molecule has 74 valence electrons. The van der Waals surface area contributed by atoms with Crippen LogP contribution in [-0.4, -0.2) is 17.9 Å². The van der Waals surface area contributed by atoms with Gasteiger partial charge in [-0.05, 0) is 12.1 Å². The fraction of sp³-hybridized carbons (Fsp3) is 0.111. The maximum absolute atomic E-state index is 10.9. The molecule has 0 aliphatic rings. The summed E-state index contributed by atoms with van der Waals surface area (Å²) in [4.78, 5) is 14.7. The van der Waals surface area contributed by atoms with Gasteiger partial charge in [0.25, 0.3) is 0 Å². The molecular formula is C9H10ClN3O. The molecule has 1 aromatic rings. The first-order chi connectivity index (χ1) is 6.63. The number of aromatic nitrogens is 1. The van der Waals surface area contributed by atoms with Crippen molar-refractivity contribution in [3.8, 4) is 0 Å². The number of hydrogen-bond donors (Lipinski definition) is 2. The van der Waals surface area contributed by atoms with Crippen LogP contribution < -0.4 is 11.1 Å². The van der Waals surface area contributed by atoms with Crippen molar-refractivity contribution < 1.29 is 4.79 Å². The van der Waals surface area contributed by atoms with Crippen LogP contribution in [0.1, 0.15) is 5.56 Å². The van der Waals surface area contributed by atoms with Gasteiger partial charge < -0.3 is 11.1 Å². The average molecular weight is 212 g/mol. The fourth-order valence-corrected chi connectivity index (χ4v) is 1.01. The third-order valence-corrected chi connectivity index (χ3v) is 1.78. The van der Waals surface area contributed by atoms with E-state index in [0.717, 1.165) is 0 Å². The average Bonchev–Trinajstić information content (AvgIpc) is 2.19. The quantitative estimate of drug-likeness (QED) is 0.720. The molecule has 0 fully saturated rings. The number of rotatable bonds is 2. The fourth-order valence-electron chi connectivity index (χ4n) is 0.848. The van der Waals surface area contributed by atoms with E-state index < -0.39 is 0 Å². The van der Waals surface area contributed by atoms with E-state index in [4.69, 9.17) is 17.3 Å². The van der Waals surface area contributed by atoms with Crippen molar-refractivity contribution in [1.29, 1.82) is 0 Å². The summed E-state index contributed by atoms with van der Waals surface area (Å²) in [6.07, 6.45) is 4.38. The van der Waals surface area contributed by atoms with Crippen molar-refractivity contribution in [2.75, 3.05) is 12.8 Å². The van der Waals surface area contributed by atoms with Crippen LogP contribution in [0.3, 0.4) is 0 Å². The number of carbonyl (C=O) groups excluding carboxylic acids is 1. The van der Waals surface area contributed by atoms with Gasteiger partial charge in [0.2, 0.25) is 5.91 Å². The molecule has 1 heterocycles. The molecule has 0 saturated carbocycles. The van der Waals surface area contributed by atoms with E-state index in [1.165, 1.54) is 12.3 Å². The summed E-state index contributed by atoms with van der Waals surface area (Å²) in [6.45, 7) is 0. The van der Waals surface area contributed by atoms with Crippen LogP contribution in [0.15, 0.2) is 18.3 Å². The van der Waals surface area contributed by atoms with Crippen molar-refractivity contribution in [3.05, 3.63) is 28.9 Å². The number of amides is 1. The number of nitrogens with two attached hydrogens (primary N) is 1. The zero-order valence-electron chi connectivity index (χ0n) is 7.62. The molecule has 0 bridgehead atoms. The summed E-state index contributed by atoms with van der Waals surface area (Å²) >= 11 is 5.71. The first-order valence-electron chi connectivity index (χ1n) is 3.94. The van der Waals surface area contributed by atoms with Crippen LogP contribution in [-0.2, 0) is 4.79 Å². The molecule has 0 aliphatic heterocycles. The number of nitrogens with one attached hydrogen (secondary N) is 1. The van der Waals surface area contributed by atoms with Crippen LogP contribution in [0.4, 0.5) is 5.82 Å². The van der Waals surface area contributed by atoms with Gasteiger partial charge >= 0.3 is 0 Å². The molecule has 14 heavy (non-hydrogen) atoms. The van der Waals surface area contributed by atoms with E-state index in [-0.39, 0.29) is 5.91 Å².